The standard InChI is InChI=1S/C12H16N2O4/c1-4-13(8(2)3)9-5-6-11(14(17)18)10(7-9)12(15)16/h5-8H,4H2,1-3H3,(H,15,16). The van der Waals surface area contributed by atoms with Crippen LogP contribution < -0.4 is 4.90 Å². The van der Waals surface area contributed by atoms with Gasteiger partial charge in [-0.3, -0.25) is 10.1 Å². The number of nitrogens with zero attached hydrogens (tertiary/aromatic N) is 2. The van der Waals surface area contributed by atoms with Crippen LogP contribution in [0.25, 0.3) is 0 Å². The topological polar surface area (TPSA) is 83.7 Å². The van der Waals surface area contributed by atoms with Crippen molar-refractivity contribution >= 4 is 17.3 Å². The number of benzene rings is 1. The minimum Gasteiger partial charge on any atom is -0.477 e. The van der Waals surface area contributed by atoms with Crippen molar-refractivity contribution in [2.45, 2.75) is 26.8 Å². The molecule has 1 N–H and O–H groups in total. The number of rotatable bonds is 5. The Hall–Kier alpha value is -2.11. The molecule has 6 heteroatoms. The van der Waals surface area contributed by atoms with E-state index in [0.717, 1.165) is 0 Å². The van der Waals surface area contributed by atoms with Crippen LogP contribution >= 0.6 is 0 Å². The van der Waals surface area contributed by atoms with Gasteiger partial charge in [0.2, 0.25) is 0 Å². The van der Waals surface area contributed by atoms with Gasteiger partial charge in [0.25, 0.3) is 5.69 Å². The van der Waals surface area contributed by atoms with E-state index < -0.39 is 10.9 Å². The van der Waals surface area contributed by atoms with Crippen molar-refractivity contribution in [3.8, 4) is 0 Å². The number of hydrogen-bond acceptors (Lipinski definition) is 4. The van der Waals surface area contributed by atoms with E-state index in [0.29, 0.717) is 12.2 Å². The number of carbonyl (C=O) groups is 1. The molecule has 0 saturated heterocycles. The summed E-state index contributed by atoms with van der Waals surface area (Å²) in [6.45, 7) is 6.60. The van der Waals surface area contributed by atoms with E-state index >= 15 is 0 Å². The highest BCUT2D eigenvalue weighted by molar-refractivity contribution is 5.93. The van der Waals surface area contributed by atoms with Gasteiger partial charge in [-0.1, -0.05) is 0 Å². The maximum Gasteiger partial charge on any atom is 0.342 e. The van der Waals surface area contributed by atoms with Crippen molar-refractivity contribution in [3.05, 3.63) is 33.9 Å². The van der Waals surface area contributed by atoms with E-state index in [1.54, 1.807) is 6.07 Å². The number of hydrogen-bond donors (Lipinski definition) is 1. The van der Waals surface area contributed by atoms with Gasteiger partial charge in [-0.2, -0.15) is 0 Å². The quantitative estimate of drug-likeness (QED) is 0.643. The third-order valence-corrected chi connectivity index (χ3v) is 2.70. The van der Waals surface area contributed by atoms with Gasteiger partial charge in [0, 0.05) is 24.3 Å². The Bertz CT molecular complexity index is 471. The Labute approximate surface area is 105 Å². The summed E-state index contributed by atoms with van der Waals surface area (Å²) in [4.78, 5) is 23.1. The molecule has 0 bridgehead atoms. The van der Waals surface area contributed by atoms with Gasteiger partial charge < -0.3 is 10.0 Å². The Balaban J connectivity index is 3.30. The molecule has 0 unspecified atom stereocenters. The molecule has 1 rings (SSSR count). The molecule has 0 radical (unpaired) electrons. The number of anilines is 1. The van der Waals surface area contributed by atoms with Crippen molar-refractivity contribution in [1.82, 2.24) is 0 Å². The summed E-state index contributed by atoms with van der Waals surface area (Å²) in [7, 11) is 0. The molecule has 0 amide bonds. The lowest BCUT2D eigenvalue weighted by molar-refractivity contribution is -0.385. The first-order valence-corrected chi connectivity index (χ1v) is 5.66. The second kappa shape index (κ2) is 5.48. The predicted molar refractivity (Wildman–Crippen MR) is 68.2 cm³/mol. The second-order valence-corrected chi connectivity index (χ2v) is 4.14. The zero-order valence-corrected chi connectivity index (χ0v) is 10.6. The second-order valence-electron chi connectivity index (χ2n) is 4.14. The number of carboxylic acid groups (broad SMARTS) is 1. The van der Waals surface area contributed by atoms with Crippen molar-refractivity contribution in [1.29, 1.82) is 0 Å². The SMILES string of the molecule is CCN(c1ccc([N+](=O)[O-])c(C(=O)O)c1)C(C)C. The molecule has 0 aliphatic carbocycles. The van der Waals surface area contributed by atoms with Gasteiger partial charge in [-0.15, -0.1) is 0 Å². The molecule has 0 aromatic heterocycles. The Morgan fingerprint density at radius 3 is 2.50 bits per heavy atom. The molecule has 0 saturated carbocycles. The van der Waals surface area contributed by atoms with Crippen molar-refractivity contribution < 1.29 is 14.8 Å². The third-order valence-electron chi connectivity index (χ3n) is 2.70. The molecular weight excluding hydrogens is 236 g/mol. The fourth-order valence-corrected chi connectivity index (χ4v) is 1.88. The summed E-state index contributed by atoms with van der Waals surface area (Å²) in [5.41, 5.74) is 0.0122. The van der Waals surface area contributed by atoms with E-state index in [-0.39, 0.29) is 17.3 Å². The number of carboxylic acids is 1. The average Bonchev–Trinajstić information content (AvgIpc) is 2.28. The monoisotopic (exact) mass is 252 g/mol. The zero-order chi connectivity index (χ0) is 13.9. The summed E-state index contributed by atoms with van der Waals surface area (Å²) < 4.78 is 0. The van der Waals surface area contributed by atoms with Gasteiger partial charge in [-0.25, -0.2) is 4.79 Å². The predicted octanol–water partition coefficient (Wildman–Crippen LogP) is 2.53. The molecule has 18 heavy (non-hydrogen) atoms. The van der Waals surface area contributed by atoms with Crippen LogP contribution in [0.4, 0.5) is 11.4 Å². The zero-order valence-electron chi connectivity index (χ0n) is 10.6. The average molecular weight is 252 g/mol. The molecule has 98 valence electrons. The van der Waals surface area contributed by atoms with E-state index in [9.17, 15) is 14.9 Å². The minimum absolute atomic E-state index is 0.193. The molecule has 6 nitrogen and oxygen atoms in total. The first-order valence-electron chi connectivity index (χ1n) is 5.66. The normalized spacial score (nSPS) is 10.4. The molecule has 1 aromatic rings. The fraction of sp³-hybridized carbons (Fsp3) is 0.417. The van der Waals surface area contributed by atoms with E-state index in [2.05, 4.69) is 0 Å². The van der Waals surface area contributed by atoms with Crippen LogP contribution in [0.1, 0.15) is 31.1 Å². The van der Waals surface area contributed by atoms with Gasteiger partial charge in [0.15, 0.2) is 0 Å². The number of aromatic carboxylic acids is 1. The number of nitro benzene ring substituents is 1. The largest absolute Gasteiger partial charge is 0.477 e. The van der Waals surface area contributed by atoms with Gasteiger partial charge >= 0.3 is 5.97 Å². The summed E-state index contributed by atoms with van der Waals surface area (Å²) in [5, 5.41) is 19.7. The van der Waals surface area contributed by atoms with E-state index in [1.165, 1.54) is 12.1 Å². The third kappa shape index (κ3) is 2.77. The lowest BCUT2D eigenvalue weighted by atomic mass is 10.1. The van der Waals surface area contributed by atoms with Gasteiger partial charge in [0.05, 0.1) is 4.92 Å². The molecule has 0 fully saturated rings. The van der Waals surface area contributed by atoms with Crippen LogP contribution in [0.3, 0.4) is 0 Å². The maximum absolute atomic E-state index is 11.0. The Morgan fingerprint density at radius 1 is 1.50 bits per heavy atom. The van der Waals surface area contributed by atoms with Crippen LogP contribution in [0, 0.1) is 10.1 Å². The fourth-order valence-electron chi connectivity index (χ4n) is 1.88. The lowest BCUT2D eigenvalue weighted by Crippen LogP contribution is -2.30. The highest BCUT2D eigenvalue weighted by atomic mass is 16.6. The smallest absolute Gasteiger partial charge is 0.342 e. The molecule has 0 aliphatic rings. The Kier molecular flexibility index (Phi) is 4.25. The summed E-state index contributed by atoms with van der Waals surface area (Å²) >= 11 is 0. The number of nitro groups is 1. The van der Waals surface area contributed by atoms with Crippen molar-refractivity contribution in [2.75, 3.05) is 11.4 Å². The molecule has 1 aromatic carbocycles. The lowest BCUT2D eigenvalue weighted by Gasteiger charge is -2.27. The first kappa shape index (κ1) is 14.0. The van der Waals surface area contributed by atoms with Crippen LogP contribution in [0.2, 0.25) is 0 Å². The van der Waals surface area contributed by atoms with Gasteiger partial charge in [-0.05, 0) is 32.9 Å². The summed E-state index contributed by atoms with van der Waals surface area (Å²) in [5.74, 6) is -1.29. The first-order chi connectivity index (χ1) is 8.38. The van der Waals surface area contributed by atoms with Crippen molar-refractivity contribution in [3.63, 3.8) is 0 Å². The minimum atomic E-state index is -1.29. The van der Waals surface area contributed by atoms with E-state index in [4.69, 9.17) is 5.11 Å². The molecular formula is C12H16N2O4. The van der Waals surface area contributed by atoms with Crippen molar-refractivity contribution in [2.24, 2.45) is 0 Å². The van der Waals surface area contributed by atoms with Crippen LogP contribution in [-0.4, -0.2) is 28.6 Å². The maximum atomic E-state index is 11.0. The van der Waals surface area contributed by atoms with Crippen LogP contribution in [0.15, 0.2) is 18.2 Å². The van der Waals surface area contributed by atoms with E-state index in [1.807, 2.05) is 25.7 Å². The highest BCUT2D eigenvalue weighted by Crippen LogP contribution is 2.26. The molecule has 0 heterocycles. The van der Waals surface area contributed by atoms with Crippen LogP contribution in [-0.2, 0) is 0 Å². The summed E-state index contributed by atoms with van der Waals surface area (Å²) in [6.07, 6.45) is 0. The van der Waals surface area contributed by atoms with Crippen LogP contribution in [0.5, 0.6) is 0 Å². The molecule has 0 atom stereocenters. The summed E-state index contributed by atoms with van der Waals surface area (Å²) in [6, 6.07) is 4.36. The molecule has 0 aliphatic heterocycles. The Morgan fingerprint density at radius 2 is 2.11 bits per heavy atom. The molecule has 0 spiro atoms. The van der Waals surface area contributed by atoms with Gasteiger partial charge in [0.1, 0.15) is 5.56 Å². The highest BCUT2D eigenvalue weighted by Gasteiger charge is 2.21.